The van der Waals surface area contributed by atoms with E-state index in [0.717, 1.165) is 11.6 Å². The summed E-state index contributed by atoms with van der Waals surface area (Å²) >= 11 is 0. The Balaban J connectivity index is 2.34. The third kappa shape index (κ3) is 3.95. The largest absolute Gasteiger partial charge is 0.478 e. The molecule has 0 unspecified atom stereocenters. The fourth-order valence-corrected chi connectivity index (χ4v) is 2.91. The molecule has 6 heteroatoms. The second-order valence-corrected chi connectivity index (χ2v) is 6.36. The van der Waals surface area contributed by atoms with E-state index in [4.69, 9.17) is 5.11 Å². The maximum atomic E-state index is 12.4. The van der Waals surface area contributed by atoms with Crippen LogP contribution in [0.1, 0.15) is 11.1 Å². The van der Waals surface area contributed by atoms with Gasteiger partial charge in [0.05, 0.1) is 10.6 Å². The maximum Gasteiger partial charge on any atom is 0.328 e. The Labute approximate surface area is 129 Å². The van der Waals surface area contributed by atoms with E-state index < -0.39 is 16.0 Å². The van der Waals surface area contributed by atoms with Crippen LogP contribution in [-0.4, -0.2) is 19.5 Å². The molecule has 0 aliphatic carbocycles. The Bertz CT molecular complexity index is 808. The zero-order valence-corrected chi connectivity index (χ0v) is 12.7. The first-order valence-electron chi connectivity index (χ1n) is 6.48. The molecule has 2 rings (SSSR count). The molecule has 0 radical (unpaired) electrons. The molecule has 0 aliphatic rings. The summed E-state index contributed by atoms with van der Waals surface area (Å²) in [7, 11) is -3.72. The lowest BCUT2D eigenvalue weighted by molar-refractivity contribution is -0.131. The lowest BCUT2D eigenvalue weighted by Gasteiger charge is -2.10. The zero-order chi connectivity index (χ0) is 16.2. The standard InChI is InChI=1S/C16H15NO4S/c1-12-6-9-14(10-7-12)22(20,21)17-15-5-3-2-4-13(15)8-11-16(18)19/h2-11,17H,1H3,(H,18,19)/b11-8+. The summed E-state index contributed by atoms with van der Waals surface area (Å²) in [6.45, 7) is 1.87. The first-order valence-corrected chi connectivity index (χ1v) is 7.96. The van der Waals surface area contributed by atoms with Gasteiger partial charge in [0.25, 0.3) is 10.0 Å². The van der Waals surface area contributed by atoms with Gasteiger partial charge in [-0.3, -0.25) is 4.72 Å². The van der Waals surface area contributed by atoms with Gasteiger partial charge in [-0.1, -0.05) is 35.9 Å². The van der Waals surface area contributed by atoms with Crippen molar-refractivity contribution in [2.75, 3.05) is 4.72 Å². The topological polar surface area (TPSA) is 83.5 Å². The minimum atomic E-state index is -3.72. The number of aliphatic carboxylic acids is 1. The van der Waals surface area contributed by atoms with Gasteiger partial charge >= 0.3 is 5.97 Å². The summed E-state index contributed by atoms with van der Waals surface area (Å²) in [5.74, 6) is -1.10. The predicted molar refractivity (Wildman–Crippen MR) is 85.1 cm³/mol. The summed E-state index contributed by atoms with van der Waals surface area (Å²) < 4.78 is 27.2. The average molecular weight is 317 g/mol. The Morgan fingerprint density at radius 2 is 1.73 bits per heavy atom. The minimum Gasteiger partial charge on any atom is -0.478 e. The zero-order valence-electron chi connectivity index (χ0n) is 11.9. The molecule has 0 bridgehead atoms. The second kappa shape index (κ2) is 6.44. The van der Waals surface area contributed by atoms with E-state index in [-0.39, 0.29) is 4.90 Å². The van der Waals surface area contributed by atoms with Gasteiger partial charge in [-0.2, -0.15) is 0 Å². The number of nitrogens with one attached hydrogen (secondary N) is 1. The van der Waals surface area contributed by atoms with E-state index in [0.29, 0.717) is 11.3 Å². The molecular formula is C16H15NO4S. The molecule has 0 saturated carbocycles. The van der Waals surface area contributed by atoms with Gasteiger partial charge in [-0.05, 0) is 36.8 Å². The smallest absolute Gasteiger partial charge is 0.328 e. The summed E-state index contributed by atoms with van der Waals surface area (Å²) in [5.41, 5.74) is 1.75. The average Bonchev–Trinajstić information content (AvgIpc) is 2.46. The third-order valence-corrected chi connectivity index (χ3v) is 4.32. The summed E-state index contributed by atoms with van der Waals surface area (Å²) in [4.78, 5) is 10.7. The number of carbonyl (C=O) groups is 1. The monoisotopic (exact) mass is 317 g/mol. The highest BCUT2D eigenvalue weighted by Gasteiger charge is 2.15. The predicted octanol–water partition coefficient (Wildman–Crippen LogP) is 2.89. The van der Waals surface area contributed by atoms with Crippen LogP contribution in [0.4, 0.5) is 5.69 Å². The van der Waals surface area contributed by atoms with Crippen molar-refractivity contribution >= 4 is 27.8 Å². The van der Waals surface area contributed by atoms with Crippen LogP contribution >= 0.6 is 0 Å². The third-order valence-electron chi connectivity index (χ3n) is 2.94. The summed E-state index contributed by atoms with van der Waals surface area (Å²) in [6, 6.07) is 13.0. The lowest BCUT2D eigenvalue weighted by Crippen LogP contribution is -2.13. The number of benzene rings is 2. The van der Waals surface area contributed by atoms with Crippen molar-refractivity contribution in [3.05, 3.63) is 65.7 Å². The van der Waals surface area contributed by atoms with E-state index in [1.54, 1.807) is 36.4 Å². The summed E-state index contributed by atoms with van der Waals surface area (Å²) in [6.07, 6.45) is 2.30. The van der Waals surface area contributed by atoms with Crippen molar-refractivity contribution < 1.29 is 18.3 Å². The maximum absolute atomic E-state index is 12.4. The first kappa shape index (κ1) is 15.8. The Hall–Kier alpha value is -2.60. The van der Waals surface area contributed by atoms with Gasteiger partial charge in [-0.25, -0.2) is 13.2 Å². The molecule has 0 atom stereocenters. The van der Waals surface area contributed by atoms with Gasteiger partial charge in [0.2, 0.25) is 0 Å². The Morgan fingerprint density at radius 1 is 1.09 bits per heavy atom. The number of rotatable bonds is 5. The number of anilines is 1. The number of hydrogen-bond donors (Lipinski definition) is 2. The Morgan fingerprint density at radius 3 is 2.36 bits per heavy atom. The highest BCUT2D eigenvalue weighted by atomic mass is 32.2. The van der Waals surface area contributed by atoms with E-state index >= 15 is 0 Å². The van der Waals surface area contributed by atoms with Crippen molar-refractivity contribution in [2.24, 2.45) is 0 Å². The van der Waals surface area contributed by atoms with Gasteiger partial charge in [0, 0.05) is 6.08 Å². The lowest BCUT2D eigenvalue weighted by atomic mass is 10.2. The normalized spacial score (nSPS) is 11.5. The molecule has 114 valence electrons. The van der Waals surface area contributed by atoms with E-state index in [2.05, 4.69) is 4.72 Å². The quantitative estimate of drug-likeness (QED) is 0.831. The highest BCUT2D eigenvalue weighted by molar-refractivity contribution is 7.92. The van der Waals surface area contributed by atoms with Gasteiger partial charge < -0.3 is 5.11 Å². The Kier molecular flexibility index (Phi) is 4.62. The van der Waals surface area contributed by atoms with Crippen LogP contribution < -0.4 is 4.72 Å². The van der Waals surface area contributed by atoms with Crippen molar-refractivity contribution in [3.63, 3.8) is 0 Å². The van der Waals surface area contributed by atoms with Crippen LogP contribution in [0.3, 0.4) is 0 Å². The van der Waals surface area contributed by atoms with E-state index in [1.807, 2.05) is 6.92 Å². The van der Waals surface area contributed by atoms with Crippen molar-refractivity contribution in [2.45, 2.75) is 11.8 Å². The van der Waals surface area contributed by atoms with Gasteiger partial charge in [0.1, 0.15) is 0 Å². The summed E-state index contributed by atoms with van der Waals surface area (Å²) in [5, 5.41) is 8.68. The molecule has 0 aromatic heterocycles. The second-order valence-electron chi connectivity index (χ2n) is 4.68. The number of para-hydroxylation sites is 1. The molecule has 0 aliphatic heterocycles. The number of aryl methyl sites for hydroxylation is 1. The molecule has 0 fully saturated rings. The molecule has 2 aromatic rings. The fraction of sp³-hybridized carbons (Fsp3) is 0.0625. The van der Waals surface area contributed by atoms with Crippen molar-refractivity contribution in [1.29, 1.82) is 0 Å². The highest BCUT2D eigenvalue weighted by Crippen LogP contribution is 2.21. The molecule has 0 heterocycles. The number of hydrogen-bond acceptors (Lipinski definition) is 3. The van der Waals surface area contributed by atoms with Crippen LogP contribution in [-0.2, 0) is 14.8 Å². The fourth-order valence-electron chi connectivity index (χ4n) is 1.82. The van der Waals surface area contributed by atoms with Crippen molar-refractivity contribution in [1.82, 2.24) is 0 Å². The molecule has 2 N–H and O–H groups in total. The van der Waals surface area contributed by atoms with Crippen molar-refractivity contribution in [3.8, 4) is 0 Å². The van der Waals surface area contributed by atoms with E-state index in [9.17, 15) is 13.2 Å². The van der Waals surface area contributed by atoms with Gasteiger partial charge in [-0.15, -0.1) is 0 Å². The SMILES string of the molecule is Cc1ccc(S(=O)(=O)Nc2ccccc2/C=C/C(=O)O)cc1. The van der Waals surface area contributed by atoms with Crippen LogP contribution in [0, 0.1) is 6.92 Å². The number of sulfonamides is 1. The van der Waals surface area contributed by atoms with Crippen LogP contribution in [0.5, 0.6) is 0 Å². The van der Waals surface area contributed by atoms with Crippen LogP contribution in [0.25, 0.3) is 6.08 Å². The van der Waals surface area contributed by atoms with Gasteiger partial charge in [0.15, 0.2) is 0 Å². The molecule has 22 heavy (non-hydrogen) atoms. The molecule has 0 amide bonds. The van der Waals surface area contributed by atoms with Crippen LogP contribution in [0.15, 0.2) is 59.5 Å². The molecule has 0 saturated heterocycles. The number of carboxylic acid groups (broad SMARTS) is 1. The molecule has 5 nitrogen and oxygen atoms in total. The molecule has 0 spiro atoms. The molecule has 2 aromatic carbocycles. The minimum absolute atomic E-state index is 0.148. The first-order chi connectivity index (χ1) is 10.4. The number of carboxylic acids is 1. The molecular weight excluding hydrogens is 302 g/mol. The van der Waals surface area contributed by atoms with E-state index in [1.165, 1.54) is 18.2 Å². The van der Waals surface area contributed by atoms with Crippen LogP contribution in [0.2, 0.25) is 0 Å².